The Labute approximate surface area is 173 Å². The van der Waals surface area contributed by atoms with Gasteiger partial charge in [0, 0.05) is 17.0 Å². The molecule has 158 valence electrons. The molecule has 0 aliphatic heterocycles. The number of aryl methyl sites for hydroxylation is 1. The average molecular weight is 412 g/mol. The van der Waals surface area contributed by atoms with Crippen molar-refractivity contribution < 1.29 is 23.5 Å². The maximum atomic E-state index is 12.1. The summed E-state index contributed by atoms with van der Waals surface area (Å²) in [6.45, 7) is 4.30. The number of rotatable bonds is 7. The molecular formula is C22H24N2O6. The summed E-state index contributed by atoms with van der Waals surface area (Å²) >= 11 is 0. The van der Waals surface area contributed by atoms with E-state index < -0.39 is 30.6 Å². The minimum Gasteiger partial charge on any atom is -0.482 e. The molecule has 0 unspecified atom stereocenters. The van der Waals surface area contributed by atoms with Crippen LogP contribution in [0.1, 0.15) is 38.3 Å². The highest BCUT2D eigenvalue weighted by atomic mass is 16.6. The van der Waals surface area contributed by atoms with Gasteiger partial charge in [0.15, 0.2) is 13.2 Å². The minimum atomic E-state index is -1.05. The van der Waals surface area contributed by atoms with Crippen LogP contribution in [0.15, 0.2) is 27.4 Å². The van der Waals surface area contributed by atoms with E-state index in [2.05, 4.69) is 5.32 Å². The monoisotopic (exact) mass is 412 g/mol. The molecule has 8 heteroatoms. The molecule has 1 aliphatic rings. The van der Waals surface area contributed by atoms with Crippen LogP contribution >= 0.6 is 0 Å². The Bertz CT molecular complexity index is 1080. The Morgan fingerprint density at radius 1 is 1.27 bits per heavy atom. The molecular weight excluding hydrogens is 388 g/mol. The number of fused-ring (bicyclic) bond motifs is 3. The summed E-state index contributed by atoms with van der Waals surface area (Å²) in [4.78, 5) is 35.9. The number of benzene rings is 1. The SMILES string of the molecule is CC(C)[C@](C)(C#N)NC(=O)COC(=O)COc1ccc2c3c(c(=O)oc2c1)CCC3. The number of nitriles is 1. The van der Waals surface area contributed by atoms with E-state index in [1.54, 1.807) is 19.1 Å². The molecule has 8 nitrogen and oxygen atoms in total. The average Bonchev–Trinajstić information content (AvgIpc) is 3.21. The highest BCUT2D eigenvalue weighted by Gasteiger charge is 2.30. The Morgan fingerprint density at radius 3 is 2.70 bits per heavy atom. The van der Waals surface area contributed by atoms with Crippen LogP contribution < -0.4 is 15.7 Å². The Hall–Kier alpha value is -3.34. The van der Waals surface area contributed by atoms with E-state index in [9.17, 15) is 19.6 Å². The number of hydrogen-bond acceptors (Lipinski definition) is 7. The van der Waals surface area contributed by atoms with Crippen LogP contribution in [0.5, 0.6) is 5.75 Å². The lowest BCUT2D eigenvalue weighted by atomic mass is 9.90. The van der Waals surface area contributed by atoms with Gasteiger partial charge in [0.05, 0.1) is 6.07 Å². The summed E-state index contributed by atoms with van der Waals surface area (Å²) in [5.41, 5.74) is 0.792. The van der Waals surface area contributed by atoms with Crippen molar-refractivity contribution in [3.05, 3.63) is 39.7 Å². The van der Waals surface area contributed by atoms with Gasteiger partial charge in [0.25, 0.3) is 5.91 Å². The third-order valence-corrected chi connectivity index (χ3v) is 5.45. The molecule has 30 heavy (non-hydrogen) atoms. The van der Waals surface area contributed by atoms with Crippen molar-refractivity contribution in [1.29, 1.82) is 5.26 Å². The quantitative estimate of drug-likeness (QED) is 0.547. The fourth-order valence-corrected chi connectivity index (χ4v) is 3.31. The van der Waals surface area contributed by atoms with E-state index in [-0.39, 0.29) is 11.5 Å². The molecule has 1 N–H and O–H groups in total. The van der Waals surface area contributed by atoms with Gasteiger partial charge in [-0.05, 0) is 49.8 Å². The van der Waals surface area contributed by atoms with Crippen molar-refractivity contribution in [3.63, 3.8) is 0 Å². The van der Waals surface area contributed by atoms with E-state index in [1.807, 2.05) is 26.0 Å². The standard InChI is InChI=1S/C22H24N2O6/c1-13(2)22(3,12-23)24-19(25)10-29-20(26)11-28-14-7-8-16-15-5-4-6-17(15)21(27)30-18(16)9-14/h7-9,13H,4-6,10-11H2,1-3H3,(H,24,25)/t22-/m0/s1. The first-order valence-corrected chi connectivity index (χ1v) is 9.83. The Morgan fingerprint density at radius 2 is 2.00 bits per heavy atom. The highest BCUT2D eigenvalue weighted by Crippen LogP contribution is 2.29. The number of carbonyl (C=O) groups is 2. The summed E-state index contributed by atoms with van der Waals surface area (Å²) in [7, 11) is 0. The number of hydrogen-bond donors (Lipinski definition) is 1. The van der Waals surface area contributed by atoms with Gasteiger partial charge in [-0.25, -0.2) is 9.59 Å². The fraction of sp³-hybridized carbons (Fsp3) is 0.455. The number of amides is 1. The summed E-state index contributed by atoms with van der Waals surface area (Å²) in [5, 5.41) is 12.6. The fourth-order valence-electron chi connectivity index (χ4n) is 3.31. The predicted molar refractivity (Wildman–Crippen MR) is 108 cm³/mol. The molecule has 1 aliphatic carbocycles. The molecule has 1 aromatic carbocycles. The molecule has 0 bridgehead atoms. The van der Waals surface area contributed by atoms with Gasteiger partial charge < -0.3 is 19.2 Å². The lowest BCUT2D eigenvalue weighted by molar-refractivity contribution is -0.150. The molecule has 3 rings (SSSR count). The third kappa shape index (κ3) is 4.46. The van der Waals surface area contributed by atoms with Gasteiger partial charge in [-0.3, -0.25) is 4.79 Å². The molecule has 1 aromatic heterocycles. The summed E-state index contributed by atoms with van der Waals surface area (Å²) in [6, 6.07) is 7.12. The van der Waals surface area contributed by atoms with E-state index in [0.717, 1.165) is 35.8 Å². The highest BCUT2D eigenvalue weighted by molar-refractivity contribution is 5.84. The molecule has 0 saturated carbocycles. The van der Waals surface area contributed by atoms with Crippen molar-refractivity contribution in [2.24, 2.45) is 5.92 Å². The third-order valence-electron chi connectivity index (χ3n) is 5.45. The lowest BCUT2D eigenvalue weighted by Crippen LogP contribution is -2.50. The number of ether oxygens (including phenoxy) is 2. The van der Waals surface area contributed by atoms with Gasteiger partial charge in [0.1, 0.15) is 16.9 Å². The van der Waals surface area contributed by atoms with Crippen LogP contribution in [0, 0.1) is 17.2 Å². The zero-order valence-electron chi connectivity index (χ0n) is 17.2. The predicted octanol–water partition coefficient (Wildman–Crippen LogP) is 2.26. The first kappa shape index (κ1) is 21.4. The number of esters is 1. The molecule has 1 amide bonds. The van der Waals surface area contributed by atoms with E-state index in [4.69, 9.17) is 13.9 Å². The van der Waals surface area contributed by atoms with Crippen molar-refractivity contribution >= 4 is 22.8 Å². The second kappa shape index (κ2) is 8.57. The molecule has 1 atom stereocenters. The number of carbonyl (C=O) groups excluding carboxylic acids is 2. The largest absolute Gasteiger partial charge is 0.482 e. The van der Waals surface area contributed by atoms with E-state index in [1.165, 1.54) is 0 Å². The zero-order valence-corrected chi connectivity index (χ0v) is 17.2. The topological polar surface area (TPSA) is 119 Å². The van der Waals surface area contributed by atoms with E-state index in [0.29, 0.717) is 11.3 Å². The second-order valence-electron chi connectivity index (χ2n) is 7.82. The first-order chi connectivity index (χ1) is 14.2. The van der Waals surface area contributed by atoms with Crippen molar-refractivity contribution in [2.75, 3.05) is 13.2 Å². The minimum absolute atomic E-state index is 0.111. The van der Waals surface area contributed by atoms with Crippen LogP contribution in [0.25, 0.3) is 11.0 Å². The maximum absolute atomic E-state index is 12.1. The van der Waals surface area contributed by atoms with Gasteiger partial charge in [-0.1, -0.05) is 13.8 Å². The van der Waals surface area contributed by atoms with Crippen molar-refractivity contribution in [3.8, 4) is 11.8 Å². The van der Waals surface area contributed by atoms with Gasteiger partial charge in [-0.15, -0.1) is 0 Å². The maximum Gasteiger partial charge on any atom is 0.344 e. The van der Waals surface area contributed by atoms with Crippen LogP contribution in [-0.2, 0) is 27.2 Å². The van der Waals surface area contributed by atoms with Crippen molar-refractivity contribution in [1.82, 2.24) is 5.32 Å². The van der Waals surface area contributed by atoms with Gasteiger partial charge >= 0.3 is 11.6 Å². The first-order valence-electron chi connectivity index (χ1n) is 9.83. The normalized spacial score (nSPS) is 14.6. The molecule has 0 radical (unpaired) electrons. The summed E-state index contributed by atoms with van der Waals surface area (Å²) < 4.78 is 15.7. The van der Waals surface area contributed by atoms with Crippen LogP contribution in [0.4, 0.5) is 0 Å². The molecule has 0 spiro atoms. The number of nitrogens with zero attached hydrogens (tertiary/aromatic N) is 1. The van der Waals surface area contributed by atoms with Crippen LogP contribution in [-0.4, -0.2) is 30.6 Å². The second-order valence-corrected chi connectivity index (χ2v) is 7.82. The summed E-state index contributed by atoms with van der Waals surface area (Å²) in [6.07, 6.45) is 2.51. The summed E-state index contributed by atoms with van der Waals surface area (Å²) in [5.74, 6) is -1.06. The zero-order chi connectivity index (χ0) is 21.9. The molecule has 0 saturated heterocycles. The van der Waals surface area contributed by atoms with Gasteiger partial charge in [-0.2, -0.15) is 5.26 Å². The number of nitrogens with one attached hydrogen (secondary N) is 1. The Balaban J connectivity index is 1.56. The molecule has 1 heterocycles. The van der Waals surface area contributed by atoms with Crippen molar-refractivity contribution in [2.45, 2.75) is 45.6 Å². The molecule has 0 fully saturated rings. The smallest absolute Gasteiger partial charge is 0.344 e. The van der Waals surface area contributed by atoms with E-state index >= 15 is 0 Å². The molecule has 2 aromatic rings. The Kier molecular flexibility index (Phi) is 6.11. The van der Waals surface area contributed by atoms with Gasteiger partial charge in [0.2, 0.25) is 0 Å². The van der Waals surface area contributed by atoms with Crippen LogP contribution in [0.2, 0.25) is 0 Å². The lowest BCUT2D eigenvalue weighted by Gasteiger charge is -2.27. The van der Waals surface area contributed by atoms with Crippen LogP contribution in [0.3, 0.4) is 0 Å².